The van der Waals surface area contributed by atoms with E-state index < -0.39 is 0 Å². The molecule has 1 N–H and O–H groups in total. The Labute approximate surface area is 149 Å². The van der Waals surface area contributed by atoms with E-state index in [4.69, 9.17) is 4.42 Å². The average molecular weight is 341 g/mol. The lowest BCUT2D eigenvalue weighted by Crippen LogP contribution is -2.05. The summed E-state index contributed by atoms with van der Waals surface area (Å²) in [5, 5.41) is 8.95. The summed E-state index contributed by atoms with van der Waals surface area (Å²) in [6.07, 6.45) is 5.34. The summed E-state index contributed by atoms with van der Waals surface area (Å²) in [6, 6.07) is 17.8. The average Bonchev–Trinajstić information content (AvgIpc) is 3.33. The summed E-state index contributed by atoms with van der Waals surface area (Å²) in [6.45, 7) is 0.591. The van der Waals surface area contributed by atoms with Gasteiger partial charge >= 0.3 is 0 Å². The number of pyridine rings is 1. The molecule has 0 fully saturated rings. The number of hydrogen-bond acceptors (Lipinski definition) is 5. The minimum Gasteiger partial charge on any atom is -0.456 e. The van der Waals surface area contributed by atoms with E-state index in [1.165, 1.54) is 0 Å². The molecule has 0 aliphatic rings. The van der Waals surface area contributed by atoms with Crippen LogP contribution in [-0.4, -0.2) is 19.6 Å². The van der Waals surface area contributed by atoms with E-state index in [0.29, 0.717) is 6.54 Å². The Bertz CT molecular complexity index is 1160. The van der Waals surface area contributed by atoms with E-state index in [2.05, 4.69) is 20.4 Å². The van der Waals surface area contributed by atoms with Gasteiger partial charge in [-0.15, -0.1) is 5.10 Å². The van der Waals surface area contributed by atoms with E-state index in [0.717, 1.165) is 39.5 Å². The Morgan fingerprint density at radius 2 is 1.88 bits per heavy atom. The fraction of sp³-hybridized carbons (Fsp3) is 0.0500. The van der Waals surface area contributed by atoms with Crippen LogP contribution in [0, 0.1) is 0 Å². The van der Waals surface area contributed by atoms with Crippen LogP contribution >= 0.6 is 0 Å². The topological polar surface area (TPSA) is 68.2 Å². The highest BCUT2D eigenvalue weighted by molar-refractivity contribution is 5.86. The molecule has 0 aliphatic heterocycles. The summed E-state index contributed by atoms with van der Waals surface area (Å²) in [5.74, 6) is 1.50. The van der Waals surface area contributed by atoms with Crippen molar-refractivity contribution in [3.63, 3.8) is 0 Å². The predicted molar refractivity (Wildman–Crippen MR) is 99.8 cm³/mol. The van der Waals surface area contributed by atoms with Gasteiger partial charge in [0.05, 0.1) is 17.8 Å². The number of imidazole rings is 1. The van der Waals surface area contributed by atoms with Crippen molar-refractivity contribution in [3.8, 4) is 11.3 Å². The molecule has 1 aromatic carbocycles. The van der Waals surface area contributed by atoms with Gasteiger partial charge in [-0.1, -0.05) is 24.3 Å². The van der Waals surface area contributed by atoms with Crippen molar-refractivity contribution in [2.24, 2.45) is 0 Å². The van der Waals surface area contributed by atoms with Crippen LogP contribution in [0.4, 0.5) is 5.82 Å². The molecule has 6 nitrogen and oxygen atoms in total. The first-order chi connectivity index (χ1) is 12.9. The second-order valence-electron chi connectivity index (χ2n) is 5.96. The second-order valence-corrected chi connectivity index (χ2v) is 5.96. The smallest absolute Gasteiger partial charge is 0.164 e. The molecule has 26 heavy (non-hydrogen) atoms. The van der Waals surface area contributed by atoms with Crippen LogP contribution in [0.25, 0.3) is 27.9 Å². The van der Waals surface area contributed by atoms with Crippen molar-refractivity contribution in [1.29, 1.82) is 0 Å². The van der Waals surface area contributed by atoms with Crippen molar-refractivity contribution in [3.05, 3.63) is 78.9 Å². The summed E-state index contributed by atoms with van der Waals surface area (Å²) >= 11 is 0. The van der Waals surface area contributed by atoms with Crippen LogP contribution in [0.5, 0.6) is 0 Å². The van der Waals surface area contributed by atoms with Gasteiger partial charge in [0.25, 0.3) is 0 Å². The Morgan fingerprint density at radius 1 is 0.962 bits per heavy atom. The maximum atomic E-state index is 6.03. The Hall–Kier alpha value is -3.67. The number of anilines is 1. The maximum Gasteiger partial charge on any atom is 0.164 e. The van der Waals surface area contributed by atoms with Crippen LogP contribution in [0.15, 0.2) is 77.6 Å². The van der Waals surface area contributed by atoms with Crippen LogP contribution in [0.3, 0.4) is 0 Å². The van der Waals surface area contributed by atoms with Crippen molar-refractivity contribution < 1.29 is 4.42 Å². The Morgan fingerprint density at radius 3 is 2.77 bits per heavy atom. The van der Waals surface area contributed by atoms with Crippen molar-refractivity contribution in [2.75, 3.05) is 5.32 Å². The maximum absolute atomic E-state index is 6.03. The third kappa shape index (κ3) is 2.57. The second kappa shape index (κ2) is 6.00. The van der Waals surface area contributed by atoms with E-state index in [9.17, 15) is 0 Å². The standard InChI is InChI=1S/C20H15N5O/c1-2-7-17-14(5-1)11-18(26-17)16-12-19(24-25-10-9-22-20(16)25)23-13-15-6-3-4-8-21-15/h1-12H,13H2,(H,23,24). The minimum atomic E-state index is 0.591. The molecule has 0 saturated heterocycles. The van der Waals surface area contributed by atoms with Crippen LogP contribution in [0.1, 0.15) is 5.69 Å². The molecule has 0 aliphatic carbocycles. The van der Waals surface area contributed by atoms with Crippen LogP contribution in [-0.2, 0) is 6.54 Å². The van der Waals surface area contributed by atoms with Gasteiger partial charge in [-0.3, -0.25) is 4.98 Å². The first-order valence-corrected chi connectivity index (χ1v) is 8.34. The van der Waals surface area contributed by atoms with E-state index in [1.54, 1.807) is 16.9 Å². The van der Waals surface area contributed by atoms with Gasteiger partial charge in [0, 0.05) is 24.0 Å². The summed E-state index contributed by atoms with van der Waals surface area (Å²) in [7, 11) is 0. The number of hydrogen-bond donors (Lipinski definition) is 1. The highest BCUT2D eigenvalue weighted by Gasteiger charge is 2.13. The summed E-state index contributed by atoms with van der Waals surface area (Å²) in [5.41, 5.74) is 3.45. The van der Waals surface area contributed by atoms with Crippen LogP contribution in [0.2, 0.25) is 0 Å². The number of nitrogens with zero attached hydrogens (tertiary/aromatic N) is 4. The molecule has 0 amide bonds. The van der Waals surface area contributed by atoms with Crippen LogP contribution < -0.4 is 5.32 Å². The number of aromatic nitrogens is 4. The molecule has 6 heteroatoms. The number of nitrogens with one attached hydrogen (secondary N) is 1. The van der Waals surface area contributed by atoms with Gasteiger partial charge in [-0.05, 0) is 30.3 Å². The molecule has 0 atom stereocenters. The van der Waals surface area contributed by atoms with Crippen molar-refractivity contribution in [1.82, 2.24) is 19.6 Å². The van der Waals surface area contributed by atoms with Gasteiger partial charge in [-0.25, -0.2) is 9.50 Å². The molecular weight excluding hydrogens is 326 g/mol. The number of fused-ring (bicyclic) bond motifs is 2. The molecule has 0 saturated carbocycles. The van der Waals surface area contributed by atoms with Gasteiger partial charge in [-0.2, -0.15) is 0 Å². The largest absolute Gasteiger partial charge is 0.456 e. The van der Waals surface area contributed by atoms with Crippen molar-refractivity contribution >= 4 is 22.4 Å². The number of rotatable bonds is 4. The molecule has 4 aromatic heterocycles. The molecule has 0 unspecified atom stereocenters. The number of para-hydroxylation sites is 1. The quantitative estimate of drug-likeness (QED) is 0.532. The Balaban J connectivity index is 1.56. The third-order valence-corrected chi connectivity index (χ3v) is 4.23. The van der Waals surface area contributed by atoms with E-state index in [1.807, 2.05) is 60.8 Å². The molecular formula is C20H15N5O. The summed E-state index contributed by atoms with van der Waals surface area (Å²) < 4.78 is 7.78. The molecule has 5 aromatic rings. The lowest BCUT2D eigenvalue weighted by Gasteiger charge is -2.08. The zero-order chi connectivity index (χ0) is 17.3. The van der Waals surface area contributed by atoms with E-state index >= 15 is 0 Å². The highest BCUT2D eigenvalue weighted by Crippen LogP contribution is 2.31. The number of benzene rings is 1. The molecule has 0 spiro atoms. The fourth-order valence-corrected chi connectivity index (χ4v) is 2.98. The summed E-state index contributed by atoms with van der Waals surface area (Å²) in [4.78, 5) is 8.75. The molecule has 5 rings (SSSR count). The normalized spacial score (nSPS) is 11.2. The fourth-order valence-electron chi connectivity index (χ4n) is 2.98. The lowest BCUT2D eigenvalue weighted by atomic mass is 10.2. The number of furan rings is 1. The first kappa shape index (κ1) is 14.7. The predicted octanol–water partition coefficient (Wildman–Crippen LogP) is 4.15. The molecule has 0 radical (unpaired) electrons. The molecule has 126 valence electrons. The third-order valence-electron chi connectivity index (χ3n) is 4.23. The minimum absolute atomic E-state index is 0.591. The van der Waals surface area contributed by atoms with Gasteiger partial charge < -0.3 is 9.73 Å². The first-order valence-electron chi connectivity index (χ1n) is 8.34. The monoisotopic (exact) mass is 341 g/mol. The zero-order valence-electron chi connectivity index (χ0n) is 13.8. The van der Waals surface area contributed by atoms with Gasteiger partial charge in [0.1, 0.15) is 17.2 Å². The highest BCUT2D eigenvalue weighted by atomic mass is 16.3. The SMILES string of the molecule is c1ccc(CNc2cc(-c3cc4ccccc4o3)c3nccn3n2)nc1. The Kier molecular flexibility index (Phi) is 3.38. The van der Waals surface area contributed by atoms with Gasteiger partial charge in [0.15, 0.2) is 5.65 Å². The molecule has 4 heterocycles. The van der Waals surface area contributed by atoms with Crippen molar-refractivity contribution in [2.45, 2.75) is 6.54 Å². The lowest BCUT2D eigenvalue weighted by molar-refractivity contribution is 0.631. The zero-order valence-corrected chi connectivity index (χ0v) is 13.8. The van der Waals surface area contributed by atoms with Gasteiger partial charge in [0.2, 0.25) is 0 Å². The molecule has 0 bridgehead atoms. The van der Waals surface area contributed by atoms with E-state index in [-0.39, 0.29) is 0 Å².